The number of hydrazone groups is 1. The van der Waals surface area contributed by atoms with Gasteiger partial charge in [-0.25, -0.2) is 9.40 Å². The number of benzene rings is 2. The van der Waals surface area contributed by atoms with Crippen LogP contribution in [0.25, 0.3) is 0 Å². The standard InChI is InChI=1S/C23H28FN3O3/c1-5-26(6-2)15-23(28)27-21(18-12-11-16(29-3)13-22(18)30-4)14-20(25-27)17-9-7-8-10-19(17)24/h7-13,21H,5-6,14-15H2,1-4H3. The van der Waals surface area contributed by atoms with E-state index < -0.39 is 0 Å². The summed E-state index contributed by atoms with van der Waals surface area (Å²) in [5.74, 6) is 0.775. The van der Waals surface area contributed by atoms with Crippen LogP contribution < -0.4 is 9.47 Å². The lowest BCUT2D eigenvalue weighted by atomic mass is 9.97. The number of likely N-dealkylation sites (N-methyl/N-ethyl adjacent to an activating group) is 1. The number of rotatable bonds is 8. The van der Waals surface area contributed by atoms with Gasteiger partial charge in [-0.3, -0.25) is 9.69 Å². The molecule has 2 aromatic rings. The van der Waals surface area contributed by atoms with Gasteiger partial charge in [0.1, 0.15) is 17.3 Å². The van der Waals surface area contributed by atoms with Crippen LogP contribution >= 0.6 is 0 Å². The fourth-order valence-electron chi connectivity index (χ4n) is 3.65. The van der Waals surface area contributed by atoms with E-state index in [1.54, 1.807) is 38.5 Å². The maximum absolute atomic E-state index is 14.4. The smallest absolute Gasteiger partial charge is 0.257 e. The number of methoxy groups -OCH3 is 2. The molecule has 7 heteroatoms. The van der Waals surface area contributed by atoms with Gasteiger partial charge in [0, 0.05) is 23.6 Å². The van der Waals surface area contributed by atoms with E-state index in [2.05, 4.69) is 5.10 Å². The monoisotopic (exact) mass is 413 g/mol. The molecule has 1 aliphatic rings. The highest BCUT2D eigenvalue weighted by Crippen LogP contribution is 2.39. The molecule has 0 spiro atoms. The molecule has 160 valence electrons. The molecular weight excluding hydrogens is 385 g/mol. The first-order valence-electron chi connectivity index (χ1n) is 10.1. The van der Waals surface area contributed by atoms with Crippen LogP contribution in [0, 0.1) is 5.82 Å². The second kappa shape index (κ2) is 9.71. The van der Waals surface area contributed by atoms with Crippen LogP contribution in [-0.4, -0.2) is 55.4 Å². The van der Waals surface area contributed by atoms with Gasteiger partial charge >= 0.3 is 0 Å². The quantitative estimate of drug-likeness (QED) is 0.659. The van der Waals surface area contributed by atoms with Gasteiger partial charge in [0.05, 0.1) is 32.5 Å². The molecule has 30 heavy (non-hydrogen) atoms. The highest BCUT2D eigenvalue weighted by molar-refractivity contribution is 6.03. The molecule has 0 N–H and O–H groups in total. The molecule has 1 aliphatic heterocycles. The minimum atomic E-state index is -0.386. The normalized spacial score (nSPS) is 16.0. The molecule has 0 aromatic heterocycles. The molecule has 0 bridgehead atoms. The predicted octanol–water partition coefficient (Wildman–Crippen LogP) is 3.86. The van der Waals surface area contributed by atoms with Gasteiger partial charge in [-0.1, -0.05) is 32.0 Å². The second-order valence-corrected chi connectivity index (χ2v) is 7.05. The zero-order chi connectivity index (χ0) is 21.7. The van der Waals surface area contributed by atoms with Gasteiger partial charge in [-0.15, -0.1) is 0 Å². The Bertz CT molecular complexity index is 928. The summed E-state index contributed by atoms with van der Waals surface area (Å²) in [6.07, 6.45) is 0.396. The van der Waals surface area contributed by atoms with E-state index in [0.29, 0.717) is 29.2 Å². The van der Waals surface area contributed by atoms with Crippen molar-refractivity contribution in [1.29, 1.82) is 0 Å². The molecule has 0 fully saturated rings. The van der Waals surface area contributed by atoms with Crippen molar-refractivity contribution >= 4 is 11.6 Å². The van der Waals surface area contributed by atoms with Crippen molar-refractivity contribution in [2.75, 3.05) is 33.9 Å². The molecule has 1 atom stereocenters. The number of halogens is 1. The lowest BCUT2D eigenvalue weighted by Crippen LogP contribution is -2.38. The van der Waals surface area contributed by atoms with Gasteiger partial charge in [0.15, 0.2) is 0 Å². The van der Waals surface area contributed by atoms with Crippen molar-refractivity contribution in [3.8, 4) is 11.5 Å². The Kier molecular flexibility index (Phi) is 7.05. The minimum Gasteiger partial charge on any atom is -0.497 e. The minimum absolute atomic E-state index is 0.132. The summed E-state index contributed by atoms with van der Waals surface area (Å²) in [6.45, 7) is 5.79. The predicted molar refractivity (Wildman–Crippen MR) is 114 cm³/mol. The molecule has 6 nitrogen and oxygen atoms in total. The first kappa shape index (κ1) is 21.8. The van der Waals surface area contributed by atoms with Crippen LogP contribution in [-0.2, 0) is 4.79 Å². The van der Waals surface area contributed by atoms with Crippen LogP contribution in [0.5, 0.6) is 11.5 Å². The van der Waals surface area contributed by atoms with Gasteiger partial charge in [-0.05, 0) is 31.3 Å². The third-order valence-electron chi connectivity index (χ3n) is 5.40. The van der Waals surface area contributed by atoms with Crippen molar-refractivity contribution < 1.29 is 18.7 Å². The molecule has 0 radical (unpaired) electrons. The van der Waals surface area contributed by atoms with Crippen molar-refractivity contribution in [3.05, 3.63) is 59.4 Å². The molecule has 2 aromatic carbocycles. The van der Waals surface area contributed by atoms with Crippen LogP contribution in [0.4, 0.5) is 4.39 Å². The average Bonchev–Trinajstić information content (AvgIpc) is 3.22. The van der Waals surface area contributed by atoms with E-state index in [1.807, 2.05) is 30.9 Å². The van der Waals surface area contributed by atoms with Crippen LogP contribution in [0.1, 0.15) is 37.4 Å². The van der Waals surface area contributed by atoms with E-state index >= 15 is 0 Å². The summed E-state index contributed by atoms with van der Waals surface area (Å²) in [5, 5.41) is 6.04. The van der Waals surface area contributed by atoms with E-state index in [1.165, 1.54) is 11.1 Å². The topological polar surface area (TPSA) is 54.4 Å². The van der Waals surface area contributed by atoms with Gasteiger partial charge in [-0.2, -0.15) is 5.10 Å². The summed E-state index contributed by atoms with van der Waals surface area (Å²) in [5.41, 5.74) is 1.76. The fraction of sp³-hybridized carbons (Fsp3) is 0.391. The number of nitrogens with zero attached hydrogens (tertiary/aromatic N) is 3. The number of hydrogen-bond donors (Lipinski definition) is 0. The average molecular weight is 413 g/mol. The number of carbonyl (C=O) groups excluding carboxylic acids is 1. The highest BCUT2D eigenvalue weighted by atomic mass is 19.1. The maximum Gasteiger partial charge on any atom is 0.257 e. The van der Waals surface area contributed by atoms with Gasteiger partial charge < -0.3 is 9.47 Å². The van der Waals surface area contributed by atoms with Crippen LogP contribution in [0.3, 0.4) is 0 Å². The zero-order valence-electron chi connectivity index (χ0n) is 17.9. The summed E-state index contributed by atoms with van der Waals surface area (Å²) in [7, 11) is 3.16. The number of ether oxygens (including phenoxy) is 2. The zero-order valence-corrected chi connectivity index (χ0v) is 17.9. The first-order valence-corrected chi connectivity index (χ1v) is 10.1. The number of hydrogen-bond acceptors (Lipinski definition) is 5. The fourth-order valence-corrected chi connectivity index (χ4v) is 3.65. The van der Waals surface area contributed by atoms with E-state index in [0.717, 1.165) is 18.7 Å². The Morgan fingerprint density at radius 3 is 2.53 bits per heavy atom. The molecular formula is C23H28FN3O3. The Morgan fingerprint density at radius 1 is 1.17 bits per heavy atom. The van der Waals surface area contributed by atoms with Crippen LogP contribution in [0.15, 0.2) is 47.6 Å². The molecule has 3 rings (SSSR count). The van der Waals surface area contributed by atoms with Crippen molar-refractivity contribution in [1.82, 2.24) is 9.91 Å². The number of amides is 1. The van der Waals surface area contributed by atoms with Crippen molar-refractivity contribution in [2.45, 2.75) is 26.3 Å². The molecule has 0 saturated carbocycles. The first-order chi connectivity index (χ1) is 14.5. The Balaban J connectivity index is 2.00. The second-order valence-electron chi connectivity index (χ2n) is 7.05. The number of carbonyl (C=O) groups is 1. The van der Waals surface area contributed by atoms with Crippen molar-refractivity contribution in [2.24, 2.45) is 5.10 Å². The molecule has 1 heterocycles. The molecule has 1 amide bonds. The van der Waals surface area contributed by atoms with Crippen LogP contribution in [0.2, 0.25) is 0 Å². The molecule has 1 unspecified atom stereocenters. The van der Waals surface area contributed by atoms with E-state index in [9.17, 15) is 9.18 Å². The molecule has 0 saturated heterocycles. The highest BCUT2D eigenvalue weighted by Gasteiger charge is 2.35. The largest absolute Gasteiger partial charge is 0.497 e. The molecule has 0 aliphatic carbocycles. The Hall–Kier alpha value is -2.93. The third kappa shape index (κ3) is 4.46. The van der Waals surface area contributed by atoms with Gasteiger partial charge in [0.2, 0.25) is 0 Å². The maximum atomic E-state index is 14.4. The summed E-state index contributed by atoms with van der Waals surface area (Å²) >= 11 is 0. The summed E-state index contributed by atoms with van der Waals surface area (Å²) < 4.78 is 25.3. The van der Waals surface area contributed by atoms with E-state index in [4.69, 9.17) is 9.47 Å². The summed E-state index contributed by atoms with van der Waals surface area (Å²) in [4.78, 5) is 15.2. The lowest BCUT2D eigenvalue weighted by Gasteiger charge is -2.26. The third-order valence-corrected chi connectivity index (χ3v) is 5.40. The summed E-state index contributed by atoms with van der Waals surface area (Å²) in [6, 6.07) is 11.6. The van der Waals surface area contributed by atoms with Gasteiger partial charge in [0.25, 0.3) is 5.91 Å². The SMILES string of the molecule is CCN(CC)CC(=O)N1N=C(c2ccccc2F)CC1c1ccc(OC)cc1OC. The lowest BCUT2D eigenvalue weighted by molar-refractivity contribution is -0.134. The van der Waals surface area contributed by atoms with E-state index in [-0.39, 0.29) is 24.3 Å². The Labute approximate surface area is 176 Å². The Morgan fingerprint density at radius 2 is 1.90 bits per heavy atom. The van der Waals surface area contributed by atoms with Crippen molar-refractivity contribution in [3.63, 3.8) is 0 Å².